The summed E-state index contributed by atoms with van der Waals surface area (Å²) < 4.78 is 0. The topological polar surface area (TPSA) is 58.1 Å². The molecular weight excluding hydrogens is 276 g/mol. The molecule has 0 radical (unpaired) electrons. The van der Waals surface area contributed by atoms with Crippen LogP contribution in [0.5, 0.6) is 0 Å². The Balaban J connectivity index is 2.14. The van der Waals surface area contributed by atoms with Crippen LogP contribution in [0.1, 0.15) is 37.2 Å². The van der Waals surface area contributed by atoms with Crippen molar-refractivity contribution in [1.29, 1.82) is 0 Å². The first-order valence-electron chi connectivity index (χ1n) is 7.68. The van der Waals surface area contributed by atoms with Crippen molar-refractivity contribution in [3.63, 3.8) is 0 Å². The Labute approximate surface area is 131 Å². The van der Waals surface area contributed by atoms with Gasteiger partial charge in [0.15, 0.2) is 0 Å². The van der Waals surface area contributed by atoms with Gasteiger partial charge in [0.1, 0.15) is 17.8 Å². The van der Waals surface area contributed by atoms with Crippen molar-refractivity contribution in [2.24, 2.45) is 0 Å². The standard InChI is InChI=1S/C17H22N4O/c1-3-10-21(11-4-2)17(22)15-12-16(19-13-18-15)20-14-8-6-5-7-9-14/h5-9,12-13H,3-4,10-11H2,1-2H3,(H,18,19,20). The van der Waals surface area contributed by atoms with Gasteiger partial charge in [0, 0.05) is 24.8 Å². The Morgan fingerprint density at radius 1 is 1.09 bits per heavy atom. The average molecular weight is 298 g/mol. The van der Waals surface area contributed by atoms with E-state index in [9.17, 15) is 4.79 Å². The molecule has 116 valence electrons. The minimum Gasteiger partial charge on any atom is -0.340 e. The molecule has 1 heterocycles. The summed E-state index contributed by atoms with van der Waals surface area (Å²) in [6.07, 6.45) is 3.30. The lowest BCUT2D eigenvalue weighted by Gasteiger charge is -2.21. The zero-order valence-corrected chi connectivity index (χ0v) is 13.1. The highest BCUT2D eigenvalue weighted by molar-refractivity contribution is 5.93. The molecule has 1 N–H and O–H groups in total. The summed E-state index contributed by atoms with van der Waals surface area (Å²) in [4.78, 5) is 22.7. The highest BCUT2D eigenvalue weighted by atomic mass is 16.2. The number of carbonyl (C=O) groups excluding carboxylic acids is 1. The van der Waals surface area contributed by atoms with Crippen LogP contribution in [0, 0.1) is 0 Å². The van der Waals surface area contributed by atoms with E-state index in [1.54, 1.807) is 6.07 Å². The van der Waals surface area contributed by atoms with Crippen molar-refractivity contribution in [3.05, 3.63) is 48.4 Å². The highest BCUT2D eigenvalue weighted by Gasteiger charge is 2.16. The van der Waals surface area contributed by atoms with Gasteiger partial charge in [-0.3, -0.25) is 4.79 Å². The summed E-state index contributed by atoms with van der Waals surface area (Å²) in [5.41, 5.74) is 1.36. The van der Waals surface area contributed by atoms with Gasteiger partial charge in [0.25, 0.3) is 5.91 Å². The third-order valence-electron chi connectivity index (χ3n) is 3.21. The highest BCUT2D eigenvalue weighted by Crippen LogP contribution is 2.14. The first-order chi connectivity index (χ1) is 10.7. The predicted octanol–water partition coefficient (Wildman–Crippen LogP) is 3.48. The minimum absolute atomic E-state index is 0.0396. The molecule has 0 fully saturated rings. The number of hydrogen-bond donors (Lipinski definition) is 1. The molecule has 5 heteroatoms. The van der Waals surface area contributed by atoms with Crippen LogP contribution in [-0.2, 0) is 0 Å². The second-order valence-electron chi connectivity index (χ2n) is 5.07. The summed E-state index contributed by atoms with van der Waals surface area (Å²) in [6.45, 7) is 5.63. The van der Waals surface area contributed by atoms with E-state index in [1.807, 2.05) is 35.2 Å². The molecule has 0 bridgehead atoms. The molecule has 0 spiro atoms. The second-order valence-corrected chi connectivity index (χ2v) is 5.07. The van der Waals surface area contributed by atoms with Gasteiger partial charge < -0.3 is 10.2 Å². The summed E-state index contributed by atoms with van der Waals surface area (Å²) in [5.74, 6) is 0.583. The normalized spacial score (nSPS) is 10.3. The molecule has 1 aromatic carbocycles. The van der Waals surface area contributed by atoms with Crippen molar-refractivity contribution >= 4 is 17.4 Å². The Hall–Kier alpha value is -2.43. The fraction of sp³-hybridized carbons (Fsp3) is 0.353. The maximum Gasteiger partial charge on any atom is 0.272 e. The maximum absolute atomic E-state index is 12.5. The molecule has 1 amide bonds. The Bertz CT molecular complexity index is 595. The van der Waals surface area contributed by atoms with Crippen LogP contribution in [0.4, 0.5) is 11.5 Å². The smallest absolute Gasteiger partial charge is 0.272 e. The van der Waals surface area contributed by atoms with E-state index in [-0.39, 0.29) is 5.91 Å². The summed E-state index contributed by atoms with van der Waals surface area (Å²) >= 11 is 0. The molecule has 0 saturated carbocycles. The molecule has 0 atom stereocenters. The lowest BCUT2D eigenvalue weighted by molar-refractivity contribution is 0.0749. The van der Waals surface area contributed by atoms with E-state index in [1.165, 1.54) is 6.33 Å². The number of benzene rings is 1. The Morgan fingerprint density at radius 2 is 1.77 bits per heavy atom. The van der Waals surface area contributed by atoms with Gasteiger partial charge in [-0.25, -0.2) is 9.97 Å². The van der Waals surface area contributed by atoms with Crippen LogP contribution < -0.4 is 5.32 Å². The maximum atomic E-state index is 12.5. The number of hydrogen-bond acceptors (Lipinski definition) is 4. The van der Waals surface area contributed by atoms with Crippen LogP contribution in [0.25, 0.3) is 0 Å². The SMILES string of the molecule is CCCN(CCC)C(=O)c1cc(Nc2ccccc2)ncn1. The molecule has 0 aliphatic heterocycles. The van der Waals surface area contributed by atoms with Crippen LogP contribution >= 0.6 is 0 Å². The van der Waals surface area contributed by atoms with Gasteiger partial charge in [-0.15, -0.1) is 0 Å². The number of amides is 1. The van der Waals surface area contributed by atoms with E-state index < -0.39 is 0 Å². The number of para-hydroxylation sites is 1. The van der Waals surface area contributed by atoms with E-state index in [0.717, 1.165) is 31.6 Å². The van der Waals surface area contributed by atoms with E-state index in [4.69, 9.17) is 0 Å². The molecule has 0 saturated heterocycles. The van der Waals surface area contributed by atoms with Gasteiger partial charge in [0.2, 0.25) is 0 Å². The van der Waals surface area contributed by atoms with E-state index >= 15 is 0 Å². The zero-order valence-electron chi connectivity index (χ0n) is 13.1. The molecule has 1 aromatic heterocycles. The fourth-order valence-corrected chi connectivity index (χ4v) is 2.23. The number of aromatic nitrogens is 2. The third kappa shape index (κ3) is 4.28. The molecule has 0 aliphatic rings. The van der Waals surface area contributed by atoms with Crippen LogP contribution in [-0.4, -0.2) is 33.9 Å². The van der Waals surface area contributed by atoms with E-state index in [0.29, 0.717) is 11.5 Å². The van der Waals surface area contributed by atoms with Gasteiger partial charge in [-0.05, 0) is 25.0 Å². The van der Waals surface area contributed by atoms with Gasteiger partial charge in [-0.2, -0.15) is 0 Å². The third-order valence-corrected chi connectivity index (χ3v) is 3.21. The quantitative estimate of drug-likeness (QED) is 0.850. The number of rotatable bonds is 7. The summed E-state index contributed by atoms with van der Waals surface area (Å²) in [6, 6.07) is 11.4. The minimum atomic E-state index is -0.0396. The first kappa shape index (κ1) is 15.9. The Kier molecular flexibility index (Phi) is 5.89. The van der Waals surface area contributed by atoms with Crippen LogP contribution in [0.2, 0.25) is 0 Å². The fourth-order valence-electron chi connectivity index (χ4n) is 2.23. The van der Waals surface area contributed by atoms with Crippen molar-refractivity contribution in [1.82, 2.24) is 14.9 Å². The number of nitrogens with one attached hydrogen (secondary N) is 1. The lowest BCUT2D eigenvalue weighted by atomic mass is 10.2. The van der Waals surface area contributed by atoms with Gasteiger partial charge in [-0.1, -0.05) is 32.0 Å². The largest absolute Gasteiger partial charge is 0.340 e. The Morgan fingerprint density at radius 3 is 2.41 bits per heavy atom. The number of anilines is 2. The van der Waals surface area contributed by atoms with Gasteiger partial charge >= 0.3 is 0 Å². The first-order valence-corrected chi connectivity index (χ1v) is 7.68. The van der Waals surface area contributed by atoms with Crippen molar-refractivity contribution in [2.45, 2.75) is 26.7 Å². The number of carbonyl (C=O) groups is 1. The molecule has 2 rings (SSSR count). The van der Waals surface area contributed by atoms with Crippen molar-refractivity contribution < 1.29 is 4.79 Å². The van der Waals surface area contributed by atoms with Crippen molar-refractivity contribution in [2.75, 3.05) is 18.4 Å². The van der Waals surface area contributed by atoms with Crippen LogP contribution in [0.15, 0.2) is 42.7 Å². The zero-order chi connectivity index (χ0) is 15.8. The van der Waals surface area contributed by atoms with Crippen LogP contribution in [0.3, 0.4) is 0 Å². The monoisotopic (exact) mass is 298 g/mol. The lowest BCUT2D eigenvalue weighted by Crippen LogP contribution is -2.33. The molecule has 5 nitrogen and oxygen atoms in total. The molecule has 0 unspecified atom stereocenters. The van der Waals surface area contributed by atoms with Gasteiger partial charge in [0.05, 0.1) is 0 Å². The predicted molar refractivity (Wildman–Crippen MR) is 88.2 cm³/mol. The molecule has 0 aliphatic carbocycles. The van der Waals surface area contributed by atoms with E-state index in [2.05, 4.69) is 29.1 Å². The van der Waals surface area contributed by atoms with Crippen molar-refractivity contribution in [3.8, 4) is 0 Å². The molecule has 22 heavy (non-hydrogen) atoms. The molecular formula is C17H22N4O. The molecule has 2 aromatic rings. The second kappa shape index (κ2) is 8.12. The average Bonchev–Trinajstić information content (AvgIpc) is 2.55. The number of nitrogens with zero attached hydrogens (tertiary/aromatic N) is 3. The summed E-state index contributed by atoms with van der Waals surface area (Å²) in [5, 5.41) is 3.18. The summed E-state index contributed by atoms with van der Waals surface area (Å²) in [7, 11) is 0.